The van der Waals surface area contributed by atoms with Gasteiger partial charge in [0.25, 0.3) is 5.91 Å². The molecular weight excluding hydrogens is 408 g/mol. The van der Waals surface area contributed by atoms with Crippen LogP contribution in [0.4, 0.5) is 11.5 Å². The molecule has 0 radical (unpaired) electrons. The third-order valence-electron chi connectivity index (χ3n) is 5.57. The molecule has 0 aliphatic carbocycles. The van der Waals surface area contributed by atoms with Gasteiger partial charge in [-0.05, 0) is 41.3 Å². The fourth-order valence-corrected chi connectivity index (χ4v) is 3.77. The number of benzene rings is 2. The number of nitrogens with one attached hydrogen (secondary N) is 2. The predicted molar refractivity (Wildman–Crippen MR) is 122 cm³/mol. The number of amides is 2. The molecule has 2 N–H and O–H groups in total. The van der Waals surface area contributed by atoms with E-state index in [1.165, 1.54) is 5.56 Å². The Kier molecular flexibility index (Phi) is 5.85. The zero-order valence-electron chi connectivity index (χ0n) is 18.5. The van der Waals surface area contributed by atoms with E-state index in [1.54, 1.807) is 31.2 Å². The Balaban J connectivity index is 1.51. The molecule has 1 atom stereocenters. The number of methoxy groups -OCH3 is 2. The minimum absolute atomic E-state index is 0.0161. The van der Waals surface area contributed by atoms with Crippen molar-refractivity contribution in [2.24, 2.45) is 0 Å². The summed E-state index contributed by atoms with van der Waals surface area (Å²) in [6.45, 7) is 4.23. The number of rotatable bonds is 7. The summed E-state index contributed by atoms with van der Waals surface area (Å²) in [5.41, 5.74) is 3.46. The number of anilines is 2. The minimum Gasteiger partial charge on any atom is -0.493 e. The fraction of sp³-hybridized carbons (Fsp3) is 0.292. The highest BCUT2D eigenvalue weighted by molar-refractivity contribution is 6.04. The van der Waals surface area contributed by atoms with Crippen LogP contribution in [0.1, 0.15) is 37.8 Å². The molecule has 0 spiro atoms. The lowest BCUT2D eigenvalue weighted by Crippen LogP contribution is -2.23. The van der Waals surface area contributed by atoms with Crippen LogP contribution < -0.4 is 20.1 Å². The lowest BCUT2D eigenvalue weighted by molar-refractivity contribution is -0.123. The Hall–Kier alpha value is -3.81. The lowest BCUT2D eigenvalue weighted by Gasteiger charge is -2.11. The van der Waals surface area contributed by atoms with Crippen LogP contribution in [0.25, 0.3) is 11.1 Å². The number of ether oxygens (including phenoxy) is 2. The van der Waals surface area contributed by atoms with Crippen LogP contribution in [0.5, 0.6) is 11.5 Å². The Morgan fingerprint density at radius 2 is 1.84 bits per heavy atom. The number of hydrogen-bond donors (Lipinski definition) is 2. The van der Waals surface area contributed by atoms with Crippen LogP contribution in [0.2, 0.25) is 0 Å². The van der Waals surface area contributed by atoms with E-state index in [-0.39, 0.29) is 18.2 Å². The maximum absolute atomic E-state index is 12.6. The third-order valence-corrected chi connectivity index (χ3v) is 5.57. The van der Waals surface area contributed by atoms with Gasteiger partial charge < -0.3 is 20.1 Å². The number of carbonyl (C=O) groups excluding carboxylic acids is 2. The minimum atomic E-state index is -0.714. The van der Waals surface area contributed by atoms with Gasteiger partial charge in [-0.2, -0.15) is 5.10 Å². The third kappa shape index (κ3) is 4.03. The second-order valence-corrected chi connectivity index (χ2v) is 7.96. The SMILES string of the molecule is COc1ccc(-c2cnn3c2NC(=O)C3CC(=O)Nc2ccc(C(C)C)cc2)cc1OC. The molecule has 1 unspecified atom stereocenters. The first-order valence-electron chi connectivity index (χ1n) is 10.4. The molecule has 1 aromatic heterocycles. The van der Waals surface area contributed by atoms with Gasteiger partial charge in [-0.3, -0.25) is 9.59 Å². The number of aromatic nitrogens is 2. The quantitative estimate of drug-likeness (QED) is 0.581. The maximum atomic E-state index is 12.6. The summed E-state index contributed by atoms with van der Waals surface area (Å²) in [5.74, 6) is 1.65. The van der Waals surface area contributed by atoms with Crippen molar-refractivity contribution >= 4 is 23.3 Å². The molecule has 1 aliphatic heterocycles. The van der Waals surface area contributed by atoms with Crippen molar-refractivity contribution in [2.45, 2.75) is 32.2 Å². The molecule has 0 fully saturated rings. The normalized spacial score (nSPS) is 14.8. The van der Waals surface area contributed by atoms with Gasteiger partial charge in [-0.1, -0.05) is 32.0 Å². The number of hydrogen-bond acceptors (Lipinski definition) is 5. The standard InChI is InChI=1S/C24H26N4O4/c1-14(2)15-5-8-17(9-6-15)26-22(29)12-19-24(30)27-23-18(13-25-28(19)23)16-7-10-20(31-3)21(11-16)32-4/h5-11,13-14,19H,12H2,1-4H3,(H,26,29)(H,27,30). The highest BCUT2D eigenvalue weighted by Gasteiger charge is 2.35. The summed E-state index contributed by atoms with van der Waals surface area (Å²) in [6, 6.07) is 12.5. The van der Waals surface area contributed by atoms with Crippen molar-refractivity contribution in [2.75, 3.05) is 24.9 Å². The Morgan fingerprint density at radius 1 is 1.12 bits per heavy atom. The number of nitrogens with zero attached hydrogens (tertiary/aromatic N) is 2. The summed E-state index contributed by atoms with van der Waals surface area (Å²) >= 11 is 0. The van der Waals surface area contributed by atoms with Crippen molar-refractivity contribution in [3.8, 4) is 22.6 Å². The van der Waals surface area contributed by atoms with Crippen LogP contribution in [-0.4, -0.2) is 35.8 Å². The van der Waals surface area contributed by atoms with Crippen LogP contribution in [0.3, 0.4) is 0 Å². The second-order valence-electron chi connectivity index (χ2n) is 7.96. The molecule has 8 nitrogen and oxygen atoms in total. The molecule has 166 valence electrons. The smallest absolute Gasteiger partial charge is 0.251 e. The Bertz CT molecular complexity index is 1150. The van der Waals surface area contributed by atoms with E-state index in [9.17, 15) is 9.59 Å². The van der Waals surface area contributed by atoms with E-state index < -0.39 is 6.04 Å². The van der Waals surface area contributed by atoms with Crippen molar-refractivity contribution in [1.29, 1.82) is 0 Å². The van der Waals surface area contributed by atoms with E-state index in [4.69, 9.17) is 9.47 Å². The molecule has 8 heteroatoms. The van der Waals surface area contributed by atoms with Crippen LogP contribution >= 0.6 is 0 Å². The van der Waals surface area contributed by atoms with E-state index in [1.807, 2.05) is 36.4 Å². The van der Waals surface area contributed by atoms with Gasteiger partial charge in [0.15, 0.2) is 11.5 Å². The molecule has 0 saturated carbocycles. The lowest BCUT2D eigenvalue weighted by atomic mass is 10.0. The zero-order valence-corrected chi connectivity index (χ0v) is 18.5. The molecule has 2 aromatic carbocycles. The maximum Gasteiger partial charge on any atom is 0.251 e. The topological polar surface area (TPSA) is 94.5 Å². The van der Waals surface area contributed by atoms with Crippen molar-refractivity contribution < 1.29 is 19.1 Å². The van der Waals surface area contributed by atoms with E-state index >= 15 is 0 Å². The molecule has 4 rings (SSSR count). The Labute approximate surface area is 186 Å². The molecule has 3 aromatic rings. The molecular formula is C24H26N4O4. The number of carbonyl (C=O) groups is 2. The van der Waals surface area contributed by atoms with E-state index in [2.05, 4.69) is 29.6 Å². The summed E-state index contributed by atoms with van der Waals surface area (Å²) < 4.78 is 12.2. The van der Waals surface area contributed by atoms with E-state index in [0.29, 0.717) is 28.9 Å². The summed E-state index contributed by atoms with van der Waals surface area (Å²) in [6.07, 6.45) is 1.66. The van der Waals surface area contributed by atoms with Gasteiger partial charge >= 0.3 is 0 Å². The average Bonchev–Trinajstić information content (AvgIpc) is 3.32. The highest BCUT2D eigenvalue weighted by atomic mass is 16.5. The van der Waals surface area contributed by atoms with E-state index in [0.717, 1.165) is 11.1 Å². The van der Waals surface area contributed by atoms with Crippen LogP contribution in [0.15, 0.2) is 48.7 Å². The van der Waals surface area contributed by atoms with Gasteiger partial charge in [0.05, 0.1) is 26.8 Å². The first-order valence-corrected chi connectivity index (χ1v) is 10.4. The molecule has 2 amide bonds. The van der Waals surface area contributed by atoms with Gasteiger partial charge in [-0.15, -0.1) is 0 Å². The van der Waals surface area contributed by atoms with Gasteiger partial charge in [0.1, 0.15) is 11.9 Å². The first-order chi connectivity index (χ1) is 15.4. The zero-order chi connectivity index (χ0) is 22.8. The van der Waals surface area contributed by atoms with Crippen molar-refractivity contribution in [1.82, 2.24) is 9.78 Å². The molecule has 0 saturated heterocycles. The molecule has 32 heavy (non-hydrogen) atoms. The van der Waals surface area contributed by atoms with Crippen LogP contribution in [-0.2, 0) is 9.59 Å². The molecule has 0 bridgehead atoms. The largest absolute Gasteiger partial charge is 0.493 e. The summed E-state index contributed by atoms with van der Waals surface area (Å²) in [5, 5.41) is 10.1. The van der Waals surface area contributed by atoms with Crippen molar-refractivity contribution in [3.05, 3.63) is 54.2 Å². The van der Waals surface area contributed by atoms with Crippen LogP contribution in [0, 0.1) is 0 Å². The Morgan fingerprint density at radius 3 is 2.50 bits per heavy atom. The molecule has 2 heterocycles. The second kappa shape index (κ2) is 8.74. The summed E-state index contributed by atoms with van der Waals surface area (Å²) in [4.78, 5) is 25.2. The summed E-state index contributed by atoms with van der Waals surface area (Å²) in [7, 11) is 3.14. The monoisotopic (exact) mass is 434 g/mol. The van der Waals surface area contributed by atoms with Gasteiger partial charge in [0, 0.05) is 11.3 Å². The number of fused-ring (bicyclic) bond motifs is 1. The van der Waals surface area contributed by atoms with Crippen molar-refractivity contribution in [3.63, 3.8) is 0 Å². The molecule has 1 aliphatic rings. The van der Waals surface area contributed by atoms with Gasteiger partial charge in [-0.25, -0.2) is 4.68 Å². The predicted octanol–water partition coefficient (Wildman–Crippen LogP) is 4.21. The van der Waals surface area contributed by atoms with Gasteiger partial charge in [0.2, 0.25) is 5.91 Å². The highest BCUT2D eigenvalue weighted by Crippen LogP contribution is 2.39. The first kappa shape index (κ1) is 21.4. The fourth-order valence-electron chi connectivity index (χ4n) is 3.77. The average molecular weight is 434 g/mol.